The molecule has 1 fully saturated rings. The van der Waals surface area contributed by atoms with Crippen molar-refractivity contribution in [2.75, 3.05) is 13.2 Å². The molecule has 1 heterocycles. The quantitative estimate of drug-likeness (QED) is 0.895. The molecule has 1 aliphatic heterocycles. The van der Waals surface area contributed by atoms with E-state index in [4.69, 9.17) is 4.74 Å². The minimum Gasteiger partial charge on any atom is -0.493 e. The van der Waals surface area contributed by atoms with E-state index >= 15 is 0 Å². The fraction of sp³-hybridized carbons (Fsp3) is 0.368. The second-order valence-electron chi connectivity index (χ2n) is 5.96. The summed E-state index contributed by atoms with van der Waals surface area (Å²) in [4.78, 5) is 0. The summed E-state index contributed by atoms with van der Waals surface area (Å²) >= 11 is 0. The molecule has 1 saturated heterocycles. The number of benzene rings is 2. The van der Waals surface area contributed by atoms with Crippen LogP contribution in [0.15, 0.2) is 54.6 Å². The average Bonchev–Trinajstić information content (AvgIpc) is 2.95. The van der Waals surface area contributed by atoms with Crippen LogP contribution >= 0.6 is 0 Å². The van der Waals surface area contributed by atoms with Crippen LogP contribution in [0.3, 0.4) is 0 Å². The van der Waals surface area contributed by atoms with Crippen LogP contribution in [0.1, 0.15) is 30.5 Å². The highest BCUT2D eigenvalue weighted by atomic mass is 16.5. The van der Waals surface area contributed by atoms with Crippen LogP contribution in [0.4, 0.5) is 0 Å². The lowest BCUT2D eigenvalue weighted by Gasteiger charge is -2.13. The summed E-state index contributed by atoms with van der Waals surface area (Å²) in [6.07, 6.45) is 2.16. The van der Waals surface area contributed by atoms with Gasteiger partial charge in [-0.1, -0.05) is 49.4 Å². The lowest BCUT2D eigenvalue weighted by molar-refractivity contribution is 0.321. The third kappa shape index (κ3) is 3.85. The van der Waals surface area contributed by atoms with Gasteiger partial charge in [0.1, 0.15) is 5.75 Å². The van der Waals surface area contributed by atoms with Crippen molar-refractivity contribution < 1.29 is 4.74 Å². The Bertz CT molecular complexity index is 567. The maximum absolute atomic E-state index is 5.91. The minimum absolute atomic E-state index is 0.484. The van der Waals surface area contributed by atoms with Crippen molar-refractivity contribution in [2.45, 2.75) is 25.8 Å². The highest BCUT2D eigenvalue weighted by Gasteiger charge is 2.21. The third-order valence-electron chi connectivity index (χ3n) is 4.11. The zero-order valence-corrected chi connectivity index (χ0v) is 12.6. The molecule has 0 bridgehead atoms. The summed E-state index contributed by atoms with van der Waals surface area (Å²) in [5.74, 6) is 1.74. The molecule has 21 heavy (non-hydrogen) atoms. The standard InChI is InChI=1S/C19H23NO/c1-15-12-19(20-14-15)17-8-5-9-18(13-17)21-11-10-16-6-3-2-4-7-16/h2-9,13,15,19-20H,10-12,14H2,1H3. The summed E-state index contributed by atoms with van der Waals surface area (Å²) in [5.41, 5.74) is 2.66. The van der Waals surface area contributed by atoms with Crippen LogP contribution in [0, 0.1) is 5.92 Å². The Hall–Kier alpha value is -1.80. The Balaban J connectivity index is 1.56. The molecule has 2 unspecified atom stereocenters. The Morgan fingerprint density at radius 3 is 2.71 bits per heavy atom. The molecular weight excluding hydrogens is 258 g/mol. The van der Waals surface area contributed by atoms with E-state index in [9.17, 15) is 0 Å². The Kier molecular flexibility index (Phi) is 4.56. The summed E-state index contributed by atoms with van der Waals surface area (Å²) in [7, 11) is 0. The molecule has 110 valence electrons. The largest absolute Gasteiger partial charge is 0.493 e. The maximum Gasteiger partial charge on any atom is 0.119 e. The van der Waals surface area contributed by atoms with E-state index in [2.05, 4.69) is 54.7 Å². The zero-order chi connectivity index (χ0) is 14.5. The molecule has 0 aromatic heterocycles. The summed E-state index contributed by atoms with van der Waals surface area (Å²) < 4.78 is 5.91. The summed E-state index contributed by atoms with van der Waals surface area (Å²) in [5, 5.41) is 3.58. The first-order valence-electron chi connectivity index (χ1n) is 7.81. The molecule has 2 nitrogen and oxygen atoms in total. The molecule has 2 heteroatoms. The van der Waals surface area contributed by atoms with Gasteiger partial charge in [-0.05, 0) is 42.1 Å². The topological polar surface area (TPSA) is 21.3 Å². The molecule has 2 aromatic rings. The lowest BCUT2D eigenvalue weighted by atomic mass is 10.0. The van der Waals surface area contributed by atoms with Gasteiger partial charge in [0.15, 0.2) is 0 Å². The smallest absolute Gasteiger partial charge is 0.119 e. The fourth-order valence-electron chi connectivity index (χ4n) is 2.92. The minimum atomic E-state index is 0.484. The van der Waals surface area contributed by atoms with Crippen LogP contribution in [0.5, 0.6) is 5.75 Å². The maximum atomic E-state index is 5.91. The van der Waals surface area contributed by atoms with Gasteiger partial charge in [-0.25, -0.2) is 0 Å². The van der Waals surface area contributed by atoms with Gasteiger partial charge in [0.25, 0.3) is 0 Å². The molecule has 0 radical (unpaired) electrons. The van der Waals surface area contributed by atoms with Crippen molar-refractivity contribution >= 4 is 0 Å². The zero-order valence-electron chi connectivity index (χ0n) is 12.6. The van der Waals surface area contributed by atoms with Gasteiger partial charge < -0.3 is 10.1 Å². The van der Waals surface area contributed by atoms with Gasteiger partial charge in [-0.15, -0.1) is 0 Å². The van der Waals surface area contributed by atoms with E-state index in [1.54, 1.807) is 0 Å². The molecule has 1 N–H and O–H groups in total. The predicted molar refractivity (Wildman–Crippen MR) is 86.6 cm³/mol. The number of nitrogens with one attached hydrogen (secondary N) is 1. The molecule has 0 spiro atoms. The highest BCUT2D eigenvalue weighted by Crippen LogP contribution is 2.28. The Morgan fingerprint density at radius 2 is 1.95 bits per heavy atom. The molecule has 2 aromatic carbocycles. The van der Waals surface area contributed by atoms with Gasteiger partial charge in [0, 0.05) is 12.5 Å². The fourth-order valence-corrected chi connectivity index (χ4v) is 2.92. The molecular formula is C19H23NO. The van der Waals surface area contributed by atoms with E-state index in [1.807, 2.05) is 12.1 Å². The molecule has 0 saturated carbocycles. The normalized spacial score (nSPS) is 21.4. The van der Waals surface area contributed by atoms with Crippen LogP contribution < -0.4 is 10.1 Å². The van der Waals surface area contributed by atoms with Gasteiger partial charge in [-0.2, -0.15) is 0 Å². The first kappa shape index (κ1) is 14.2. The van der Waals surface area contributed by atoms with E-state index in [0.29, 0.717) is 6.04 Å². The van der Waals surface area contributed by atoms with Crippen LogP contribution in [0.25, 0.3) is 0 Å². The van der Waals surface area contributed by atoms with Gasteiger partial charge >= 0.3 is 0 Å². The van der Waals surface area contributed by atoms with Crippen molar-refractivity contribution in [3.63, 3.8) is 0 Å². The Morgan fingerprint density at radius 1 is 1.10 bits per heavy atom. The lowest BCUT2D eigenvalue weighted by Crippen LogP contribution is -2.13. The van der Waals surface area contributed by atoms with Gasteiger partial charge in [0.2, 0.25) is 0 Å². The summed E-state index contributed by atoms with van der Waals surface area (Å²) in [6, 6.07) is 19.5. The van der Waals surface area contributed by atoms with Crippen molar-refractivity contribution in [2.24, 2.45) is 5.92 Å². The van der Waals surface area contributed by atoms with Crippen LogP contribution in [0.2, 0.25) is 0 Å². The van der Waals surface area contributed by atoms with Gasteiger partial charge in [-0.3, -0.25) is 0 Å². The second-order valence-corrected chi connectivity index (χ2v) is 5.96. The number of rotatable bonds is 5. The number of hydrogen-bond acceptors (Lipinski definition) is 2. The molecule has 0 aliphatic carbocycles. The van der Waals surface area contributed by atoms with E-state index in [1.165, 1.54) is 17.5 Å². The van der Waals surface area contributed by atoms with Crippen molar-refractivity contribution in [1.29, 1.82) is 0 Å². The SMILES string of the molecule is CC1CNC(c2cccc(OCCc3ccccc3)c2)C1. The van der Waals surface area contributed by atoms with E-state index in [0.717, 1.165) is 31.2 Å². The van der Waals surface area contributed by atoms with Crippen LogP contribution in [-0.4, -0.2) is 13.2 Å². The van der Waals surface area contributed by atoms with E-state index < -0.39 is 0 Å². The van der Waals surface area contributed by atoms with Crippen molar-refractivity contribution in [3.05, 3.63) is 65.7 Å². The highest BCUT2D eigenvalue weighted by molar-refractivity contribution is 5.31. The Labute approximate surface area is 127 Å². The molecule has 0 amide bonds. The third-order valence-corrected chi connectivity index (χ3v) is 4.11. The van der Waals surface area contributed by atoms with E-state index in [-0.39, 0.29) is 0 Å². The molecule has 3 rings (SSSR count). The molecule has 2 atom stereocenters. The molecule has 1 aliphatic rings. The first-order chi connectivity index (χ1) is 10.3. The number of ether oxygens (including phenoxy) is 1. The summed E-state index contributed by atoms with van der Waals surface area (Å²) in [6.45, 7) is 4.14. The predicted octanol–water partition coefficient (Wildman–Crippen LogP) is 3.98. The first-order valence-corrected chi connectivity index (χ1v) is 7.81. The van der Waals surface area contributed by atoms with Crippen LogP contribution in [-0.2, 0) is 6.42 Å². The number of hydrogen-bond donors (Lipinski definition) is 1. The monoisotopic (exact) mass is 281 g/mol. The van der Waals surface area contributed by atoms with Crippen molar-refractivity contribution in [3.8, 4) is 5.75 Å². The average molecular weight is 281 g/mol. The van der Waals surface area contributed by atoms with Gasteiger partial charge in [0.05, 0.1) is 6.61 Å². The second kappa shape index (κ2) is 6.77. The van der Waals surface area contributed by atoms with Crippen molar-refractivity contribution in [1.82, 2.24) is 5.32 Å².